The fourth-order valence-electron chi connectivity index (χ4n) is 4.20. The molecule has 150 valence electrons. The number of likely N-dealkylation sites (tertiary alicyclic amines) is 1. The summed E-state index contributed by atoms with van der Waals surface area (Å²) in [5.74, 6) is -0.940. The number of aliphatic hydroxyl groups excluding tert-OH is 1. The van der Waals surface area contributed by atoms with Gasteiger partial charge in [0.05, 0.1) is 25.1 Å². The third kappa shape index (κ3) is 3.56. The molecule has 0 saturated carbocycles. The number of amides is 1. The quantitative estimate of drug-likeness (QED) is 0.712. The Hall–Kier alpha value is -3.56. The first-order chi connectivity index (χ1) is 14.6. The lowest BCUT2D eigenvalue weighted by molar-refractivity contribution is -0.146. The molecule has 1 aliphatic rings. The van der Waals surface area contributed by atoms with Gasteiger partial charge in [-0.2, -0.15) is 5.26 Å². The maximum absolute atomic E-state index is 13.8. The molecule has 2 heterocycles. The molecule has 30 heavy (non-hydrogen) atoms. The van der Waals surface area contributed by atoms with Crippen LogP contribution in [0.4, 0.5) is 4.39 Å². The Morgan fingerprint density at radius 3 is 2.70 bits per heavy atom. The van der Waals surface area contributed by atoms with Crippen LogP contribution >= 0.6 is 0 Å². The van der Waals surface area contributed by atoms with Crippen LogP contribution in [0.5, 0.6) is 0 Å². The molecule has 4 rings (SSSR count). The lowest BCUT2D eigenvalue weighted by Gasteiger charge is -2.52. The van der Waals surface area contributed by atoms with Gasteiger partial charge in [-0.15, -0.1) is 0 Å². The molecule has 1 amide bonds. The first kappa shape index (κ1) is 19.7. The van der Waals surface area contributed by atoms with Gasteiger partial charge in [-0.3, -0.25) is 9.78 Å². The molecule has 0 unspecified atom stereocenters. The first-order valence-electron chi connectivity index (χ1n) is 9.69. The number of rotatable bonds is 5. The summed E-state index contributed by atoms with van der Waals surface area (Å²) >= 11 is 0. The van der Waals surface area contributed by atoms with Crippen LogP contribution in [0.25, 0.3) is 11.1 Å². The van der Waals surface area contributed by atoms with E-state index in [-0.39, 0.29) is 30.7 Å². The van der Waals surface area contributed by atoms with Crippen LogP contribution < -0.4 is 0 Å². The van der Waals surface area contributed by atoms with Crippen molar-refractivity contribution in [1.29, 1.82) is 5.26 Å². The van der Waals surface area contributed by atoms with Crippen molar-refractivity contribution in [2.75, 3.05) is 6.61 Å². The van der Waals surface area contributed by atoms with E-state index in [4.69, 9.17) is 0 Å². The number of halogens is 1. The Morgan fingerprint density at radius 1 is 1.17 bits per heavy atom. The van der Waals surface area contributed by atoms with E-state index >= 15 is 0 Å². The predicted molar refractivity (Wildman–Crippen MR) is 110 cm³/mol. The molecule has 0 bridgehead atoms. The molecular weight excluding hydrogens is 381 g/mol. The minimum absolute atomic E-state index is 0.112. The van der Waals surface area contributed by atoms with Crippen molar-refractivity contribution in [1.82, 2.24) is 9.88 Å². The third-order valence-corrected chi connectivity index (χ3v) is 5.55. The normalized spacial score (nSPS) is 20.3. The molecule has 1 N–H and O–H groups in total. The summed E-state index contributed by atoms with van der Waals surface area (Å²) in [6.45, 7) is -0.265. The van der Waals surface area contributed by atoms with Crippen molar-refractivity contribution in [3.63, 3.8) is 0 Å². The van der Waals surface area contributed by atoms with Gasteiger partial charge in [0.1, 0.15) is 11.9 Å². The lowest BCUT2D eigenvalue weighted by Crippen LogP contribution is -2.65. The fourth-order valence-corrected chi connectivity index (χ4v) is 4.20. The summed E-state index contributed by atoms with van der Waals surface area (Å²) in [4.78, 5) is 18.4. The Kier molecular flexibility index (Phi) is 5.55. The summed E-state index contributed by atoms with van der Waals surface area (Å²) in [7, 11) is 0. The Balaban J connectivity index is 1.66. The van der Waals surface area contributed by atoms with Crippen molar-refractivity contribution in [2.24, 2.45) is 0 Å². The van der Waals surface area contributed by atoms with Gasteiger partial charge >= 0.3 is 0 Å². The van der Waals surface area contributed by atoms with Gasteiger partial charge in [0.2, 0.25) is 5.91 Å². The molecule has 6 heteroatoms. The highest BCUT2D eigenvalue weighted by molar-refractivity contribution is 5.82. The predicted octanol–water partition coefficient (Wildman–Crippen LogP) is 3.31. The fraction of sp³-hybridized carbons (Fsp3) is 0.208. The van der Waals surface area contributed by atoms with Crippen LogP contribution in [0.15, 0.2) is 73.1 Å². The molecular formula is C24H20FN3O2. The molecule has 1 saturated heterocycles. The lowest BCUT2D eigenvalue weighted by atomic mass is 9.73. The standard InChI is InChI=1S/C24H20FN3O2/c25-18-7-3-6-17(12-18)19-8-1-2-9-20(19)24-21(13-26)28(22(24)15-29)23(30)11-16-5-4-10-27-14-16/h1-10,12,14,21-22,24,29H,11,15H2/t21-,22+,24-/m0/s1. The number of pyridine rings is 1. The highest BCUT2D eigenvalue weighted by Crippen LogP contribution is 2.44. The van der Waals surface area contributed by atoms with E-state index in [9.17, 15) is 19.6 Å². The van der Waals surface area contributed by atoms with Crippen LogP contribution in [0.2, 0.25) is 0 Å². The van der Waals surface area contributed by atoms with Crippen LogP contribution in [0.3, 0.4) is 0 Å². The molecule has 1 aliphatic heterocycles. The zero-order valence-electron chi connectivity index (χ0n) is 16.1. The Labute approximate surface area is 174 Å². The van der Waals surface area contributed by atoms with Crippen molar-refractivity contribution < 1.29 is 14.3 Å². The van der Waals surface area contributed by atoms with Crippen LogP contribution in [0.1, 0.15) is 17.0 Å². The molecule has 3 aromatic rings. The summed E-state index contributed by atoms with van der Waals surface area (Å²) in [5.41, 5.74) is 3.05. The van der Waals surface area contributed by atoms with E-state index in [0.29, 0.717) is 5.56 Å². The van der Waals surface area contributed by atoms with Gasteiger partial charge in [-0.1, -0.05) is 42.5 Å². The van der Waals surface area contributed by atoms with Gasteiger partial charge in [0.25, 0.3) is 0 Å². The van der Waals surface area contributed by atoms with E-state index in [0.717, 1.165) is 16.7 Å². The number of hydrogen-bond acceptors (Lipinski definition) is 4. The minimum atomic E-state index is -0.707. The van der Waals surface area contributed by atoms with Crippen molar-refractivity contribution in [2.45, 2.75) is 24.4 Å². The molecule has 0 aliphatic carbocycles. The second-order valence-electron chi connectivity index (χ2n) is 7.29. The van der Waals surface area contributed by atoms with Crippen LogP contribution in [-0.4, -0.2) is 39.6 Å². The maximum Gasteiger partial charge on any atom is 0.228 e. The Morgan fingerprint density at radius 2 is 2.00 bits per heavy atom. The second-order valence-corrected chi connectivity index (χ2v) is 7.29. The molecule has 1 fully saturated rings. The van der Waals surface area contributed by atoms with E-state index in [1.54, 1.807) is 36.7 Å². The number of hydrogen-bond donors (Lipinski definition) is 1. The summed E-state index contributed by atoms with van der Waals surface area (Å²) in [6.07, 6.45) is 3.36. The second kappa shape index (κ2) is 8.44. The van der Waals surface area contributed by atoms with Crippen LogP contribution in [0, 0.1) is 17.1 Å². The van der Waals surface area contributed by atoms with Gasteiger partial charge in [0.15, 0.2) is 0 Å². The molecule has 5 nitrogen and oxygen atoms in total. The van der Waals surface area contributed by atoms with Crippen molar-refractivity contribution in [3.05, 3.63) is 90.0 Å². The molecule has 3 atom stereocenters. The highest BCUT2D eigenvalue weighted by atomic mass is 19.1. The van der Waals surface area contributed by atoms with E-state index in [2.05, 4.69) is 11.1 Å². The number of benzene rings is 2. The molecule has 2 aromatic carbocycles. The number of aromatic nitrogens is 1. The number of aliphatic hydroxyl groups is 1. The molecule has 0 spiro atoms. The SMILES string of the molecule is N#C[C@H]1[C@H](c2ccccc2-c2cccc(F)c2)[C@@H](CO)N1C(=O)Cc1cccnc1. The van der Waals surface area contributed by atoms with E-state index in [1.165, 1.54) is 17.0 Å². The summed E-state index contributed by atoms with van der Waals surface area (Å²) in [6, 6.07) is 18.3. The highest BCUT2D eigenvalue weighted by Gasteiger charge is 2.52. The average Bonchev–Trinajstić information content (AvgIpc) is 2.75. The number of carbonyl (C=O) groups excluding carboxylic acids is 1. The number of carbonyl (C=O) groups is 1. The summed E-state index contributed by atoms with van der Waals surface area (Å²) < 4.78 is 13.8. The third-order valence-electron chi connectivity index (χ3n) is 5.55. The minimum Gasteiger partial charge on any atom is -0.394 e. The number of nitrogens with zero attached hydrogens (tertiary/aromatic N) is 3. The molecule has 1 aromatic heterocycles. The zero-order valence-corrected chi connectivity index (χ0v) is 16.1. The van der Waals surface area contributed by atoms with Gasteiger partial charge < -0.3 is 10.0 Å². The first-order valence-corrected chi connectivity index (χ1v) is 9.69. The van der Waals surface area contributed by atoms with E-state index < -0.39 is 12.1 Å². The van der Waals surface area contributed by atoms with Crippen molar-refractivity contribution in [3.8, 4) is 17.2 Å². The number of nitriles is 1. The van der Waals surface area contributed by atoms with Crippen molar-refractivity contribution >= 4 is 5.91 Å². The zero-order chi connectivity index (χ0) is 21.1. The topological polar surface area (TPSA) is 77.2 Å². The molecule has 0 radical (unpaired) electrons. The summed E-state index contributed by atoms with van der Waals surface area (Å²) in [5, 5.41) is 19.9. The van der Waals surface area contributed by atoms with Crippen LogP contribution in [-0.2, 0) is 11.2 Å². The largest absolute Gasteiger partial charge is 0.394 e. The van der Waals surface area contributed by atoms with Gasteiger partial charge in [-0.25, -0.2) is 4.39 Å². The van der Waals surface area contributed by atoms with Gasteiger partial charge in [-0.05, 0) is 40.5 Å². The maximum atomic E-state index is 13.8. The smallest absolute Gasteiger partial charge is 0.228 e. The Bertz CT molecular complexity index is 1100. The van der Waals surface area contributed by atoms with E-state index in [1.807, 2.05) is 24.3 Å². The van der Waals surface area contributed by atoms with Gasteiger partial charge in [0, 0.05) is 18.3 Å². The average molecular weight is 401 g/mol. The monoisotopic (exact) mass is 401 g/mol.